The molecule has 0 bridgehead atoms. The molecule has 0 aliphatic carbocycles. The normalized spacial score (nSPS) is 10.7. The monoisotopic (exact) mass is 303 g/mol. The van der Waals surface area contributed by atoms with Crippen LogP contribution in [-0.2, 0) is 16.0 Å². The Hall–Kier alpha value is -2.43. The Balaban J connectivity index is 3.21. The van der Waals surface area contributed by atoms with E-state index in [1.807, 2.05) is 0 Å². The molecule has 0 spiro atoms. The van der Waals surface area contributed by atoms with Gasteiger partial charge in [0.1, 0.15) is 17.4 Å². The topological polar surface area (TPSA) is 68.5 Å². The van der Waals surface area contributed by atoms with Crippen molar-refractivity contribution in [2.45, 2.75) is 19.7 Å². The summed E-state index contributed by atoms with van der Waals surface area (Å²) >= 11 is 0. The maximum absolute atomic E-state index is 12.3. The molecule has 5 nitrogen and oxygen atoms in total. The van der Waals surface area contributed by atoms with Crippen molar-refractivity contribution >= 4 is 5.97 Å². The van der Waals surface area contributed by atoms with E-state index in [0.29, 0.717) is 0 Å². The van der Waals surface area contributed by atoms with E-state index in [2.05, 4.69) is 4.74 Å². The Kier molecular flexibility index (Phi) is 5.41. The van der Waals surface area contributed by atoms with E-state index in [9.17, 15) is 18.0 Å². The first kappa shape index (κ1) is 16.6. The molecule has 0 N–H and O–H groups in total. The summed E-state index contributed by atoms with van der Waals surface area (Å²) in [7, 11) is 1.20. The number of carbonyl (C=O) groups excluding carboxylic acids is 1. The molecule has 0 aliphatic heterocycles. The number of ether oxygens (including phenoxy) is 3. The minimum Gasteiger partial charge on any atom is -0.495 e. The van der Waals surface area contributed by atoms with E-state index >= 15 is 0 Å². The van der Waals surface area contributed by atoms with Crippen LogP contribution in [0.15, 0.2) is 12.1 Å². The first-order valence-electron chi connectivity index (χ1n) is 5.83. The standard InChI is InChI=1S/C13H12F3NO4/c1-3-20-12(18)6-8-4-10(19-2)9(7-17)11(5-8)21-13(14,15)16/h4-5H,3,6H2,1-2H3. The minimum absolute atomic E-state index is 0.112. The van der Waals surface area contributed by atoms with Crippen molar-refractivity contribution in [1.82, 2.24) is 0 Å². The third-order valence-electron chi connectivity index (χ3n) is 2.34. The lowest BCUT2D eigenvalue weighted by atomic mass is 10.1. The fourth-order valence-electron chi connectivity index (χ4n) is 1.60. The summed E-state index contributed by atoms with van der Waals surface area (Å²) in [5.74, 6) is -1.44. The van der Waals surface area contributed by atoms with Crippen LogP contribution in [0.4, 0.5) is 13.2 Å². The van der Waals surface area contributed by atoms with Crippen LogP contribution in [0, 0.1) is 11.3 Å². The maximum Gasteiger partial charge on any atom is 0.573 e. The van der Waals surface area contributed by atoms with E-state index in [0.717, 1.165) is 6.07 Å². The van der Waals surface area contributed by atoms with E-state index in [-0.39, 0.29) is 24.3 Å². The van der Waals surface area contributed by atoms with Gasteiger partial charge in [-0.1, -0.05) is 0 Å². The molecule has 1 aromatic rings. The molecule has 0 atom stereocenters. The van der Waals surface area contributed by atoms with Crippen LogP contribution in [0.3, 0.4) is 0 Å². The fraction of sp³-hybridized carbons (Fsp3) is 0.385. The summed E-state index contributed by atoms with van der Waals surface area (Å²) in [5.41, 5.74) is -0.217. The first-order valence-corrected chi connectivity index (χ1v) is 5.83. The number of alkyl halides is 3. The van der Waals surface area contributed by atoms with Crippen LogP contribution >= 0.6 is 0 Å². The average Bonchev–Trinajstić information content (AvgIpc) is 2.36. The summed E-state index contributed by atoms with van der Waals surface area (Å²) < 4.78 is 50.4. The van der Waals surface area contributed by atoms with Gasteiger partial charge < -0.3 is 14.2 Å². The van der Waals surface area contributed by atoms with Crippen molar-refractivity contribution in [3.63, 3.8) is 0 Å². The molecular formula is C13H12F3NO4. The second-order valence-electron chi connectivity index (χ2n) is 3.81. The molecule has 0 amide bonds. The zero-order valence-corrected chi connectivity index (χ0v) is 11.3. The minimum atomic E-state index is -4.96. The fourth-order valence-corrected chi connectivity index (χ4v) is 1.60. The second-order valence-corrected chi connectivity index (χ2v) is 3.81. The van der Waals surface area contributed by atoms with Gasteiger partial charge in [0.05, 0.1) is 20.1 Å². The van der Waals surface area contributed by atoms with Crippen LogP contribution < -0.4 is 9.47 Å². The van der Waals surface area contributed by atoms with Gasteiger partial charge in [0.2, 0.25) is 0 Å². The van der Waals surface area contributed by atoms with Gasteiger partial charge in [-0.3, -0.25) is 4.79 Å². The Bertz CT molecular complexity index is 564. The van der Waals surface area contributed by atoms with Crippen molar-refractivity contribution in [3.8, 4) is 17.6 Å². The molecule has 114 valence electrons. The number of carbonyl (C=O) groups is 1. The molecular weight excluding hydrogens is 291 g/mol. The van der Waals surface area contributed by atoms with Gasteiger partial charge >= 0.3 is 12.3 Å². The van der Waals surface area contributed by atoms with Crippen LogP contribution in [-0.4, -0.2) is 26.0 Å². The van der Waals surface area contributed by atoms with Crippen LogP contribution in [0.2, 0.25) is 0 Å². The predicted octanol–water partition coefficient (Wildman–Crippen LogP) is 2.57. The van der Waals surface area contributed by atoms with E-state index in [1.165, 1.54) is 13.2 Å². The number of benzene rings is 1. The van der Waals surface area contributed by atoms with Gasteiger partial charge in [0, 0.05) is 0 Å². The summed E-state index contributed by atoms with van der Waals surface area (Å²) in [6.45, 7) is 1.76. The largest absolute Gasteiger partial charge is 0.573 e. The van der Waals surface area contributed by atoms with Crippen LogP contribution in [0.1, 0.15) is 18.1 Å². The van der Waals surface area contributed by atoms with Crippen molar-refractivity contribution < 1.29 is 32.2 Å². The van der Waals surface area contributed by atoms with Gasteiger partial charge in [-0.15, -0.1) is 13.2 Å². The van der Waals surface area contributed by atoms with Crippen molar-refractivity contribution in [2.75, 3.05) is 13.7 Å². The number of hydrogen-bond acceptors (Lipinski definition) is 5. The smallest absolute Gasteiger partial charge is 0.495 e. The third-order valence-corrected chi connectivity index (χ3v) is 2.34. The number of rotatable bonds is 5. The summed E-state index contributed by atoms with van der Waals surface area (Å²) in [4.78, 5) is 11.4. The van der Waals surface area contributed by atoms with Gasteiger partial charge in [-0.2, -0.15) is 5.26 Å². The predicted molar refractivity (Wildman–Crippen MR) is 64.7 cm³/mol. The highest BCUT2D eigenvalue weighted by molar-refractivity contribution is 5.73. The highest BCUT2D eigenvalue weighted by Crippen LogP contribution is 2.33. The lowest BCUT2D eigenvalue weighted by molar-refractivity contribution is -0.274. The third kappa shape index (κ3) is 4.87. The summed E-state index contributed by atoms with van der Waals surface area (Å²) in [5, 5.41) is 8.92. The first-order chi connectivity index (χ1) is 9.80. The maximum atomic E-state index is 12.3. The number of nitriles is 1. The number of nitrogens with zero attached hydrogens (tertiary/aromatic N) is 1. The quantitative estimate of drug-likeness (QED) is 0.782. The molecule has 0 unspecified atom stereocenters. The molecule has 0 saturated carbocycles. The Labute approximate surface area is 118 Å². The zero-order chi connectivity index (χ0) is 16.0. The Morgan fingerprint density at radius 1 is 1.33 bits per heavy atom. The lowest BCUT2D eigenvalue weighted by Gasteiger charge is -2.14. The zero-order valence-electron chi connectivity index (χ0n) is 11.3. The highest BCUT2D eigenvalue weighted by atomic mass is 19.4. The molecule has 21 heavy (non-hydrogen) atoms. The molecule has 0 aliphatic rings. The molecule has 1 rings (SSSR count). The SMILES string of the molecule is CCOC(=O)Cc1cc(OC)c(C#N)c(OC(F)(F)F)c1. The lowest BCUT2D eigenvalue weighted by Crippen LogP contribution is -2.18. The van der Waals surface area contributed by atoms with Crippen LogP contribution in [0.5, 0.6) is 11.5 Å². The van der Waals surface area contributed by atoms with E-state index in [4.69, 9.17) is 14.7 Å². The molecule has 0 fully saturated rings. The van der Waals surface area contributed by atoms with E-state index in [1.54, 1.807) is 13.0 Å². The van der Waals surface area contributed by atoms with Crippen LogP contribution in [0.25, 0.3) is 0 Å². The van der Waals surface area contributed by atoms with Crippen molar-refractivity contribution in [3.05, 3.63) is 23.3 Å². The molecule has 0 radical (unpaired) electrons. The molecule has 1 aromatic carbocycles. The molecule has 0 aromatic heterocycles. The Morgan fingerprint density at radius 2 is 1.95 bits per heavy atom. The van der Waals surface area contributed by atoms with E-state index < -0.39 is 23.6 Å². The summed E-state index contributed by atoms with van der Waals surface area (Å²) in [6.07, 6.45) is -5.22. The number of halogens is 3. The highest BCUT2D eigenvalue weighted by Gasteiger charge is 2.33. The van der Waals surface area contributed by atoms with Crippen molar-refractivity contribution in [1.29, 1.82) is 5.26 Å². The molecule has 0 heterocycles. The van der Waals surface area contributed by atoms with Gasteiger partial charge in [0.25, 0.3) is 0 Å². The molecule has 8 heteroatoms. The van der Waals surface area contributed by atoms with Gasteiger partial charge in [-0.05, 0) is 24.6 Å². The van der Waals surface area contributed by atoms with Gasteiger partial charge in [-0.25, -0.2) is 0 Å². The molecule has 0 saturated heterocycles. The average molecular weight is 303 g/mol. The van der Waals surface area contributed by atoms with Crippen molar-refractivity contribution in [2.24, 2.45) is 0 Å². The number of methoxy groups -OCH3 is 1. The number of hydrogen-bond donors (Lipinski definition) is 0. The van der Waals surface area contributed by atoms with Gasteiger partial charge in [0.15, 0.2) is 5.75 Å². The second kappa shape index (κ2) is 6.83. The summed E-state index contributed by atoms with van der Waals surface area (Å²) in [6, 6.07) is 3.83. The number of esters is 1. The Morgan fingerprint density at radius 3 is 2.43 bits per heavy atom.